The van der Waals surface area contributed by atoms with Gasteiger partial charge in [-0.1, -0.05) is 52.5 Å². The Morgan fingerprint density at radius 1 is 0.808 bits per heavy atom. The van der Waals surface area contributed by atoms with Gasteiger partial charge in [-0.25, -0.2) is 0 Å². The maximum Gasteiger partial charge on any atom is 0.227 e. The molecular weight excluding hydrogens is 324 g/mol. The van der Waals surface area contributed by atoms with Gasteiger partial charge in [0.2, 0.25) is 11.8 Å². The van der Waals surface area contributed by atoms with Gasteiger partial charge in [-0.05, 0) is 43.2 Å². The molecule has 1 aromatic carbocycles. The first kappa shape index (κ1) is 18.9. The van der Waals surface area contributed by atoms with E-state index < -0.39 is 0 Å². The maximum atomic E-state index is 12.6. The van der Waals surface area contributed by atoms with Gasteiger partial charge in [-0.2, -0.15) is 0 Å². The van der Waals surface area contributed by atoms with Crippen LogP contribution in [0.2, 0.25) is 0 Å². The van der Waals surface area contributed by atoms with Gasteiger partial charge in [0, 0.05) is 28.8 Å². The van der Waals surface area contributed by atoms with Crippen LogP contribution in [0.15, 0.2) is 18.2 Å². The molecule has 4 nitrogen and oxygen atoms in total. The second-order valence-corrected chi connectivity index (χ2v) is 8.92. The van der Waals surface area contributed by atoms with Crippen molar-refractivity contribution in [2.75, 3.05) is 10.6 Å². The van der Waals surface area contributed by atoms with Crippen molar-refractivity contribution in [1.82, 2.24) is 0 Å². The molecule has 0 spiro atoms. The largest absolute Gasteiger partial charge is 0.325 e. The Bertz CT molecular complexity index is 615. The first-order valence-corrected chi connectivity index (χ1v) is 10.1. The molecule has 1 aromatic rings. The first-order chi connectivity index (χ1) is 12.4. The SMILES string of the molecule is CC(C)(C)c1c(NC(=O)C2CCCC2)cccc1NC(=O)C1CCCC1. The lowest BCUT2D eigenvalue weighted by atomic mass is 9.84. The molecule has 0 unspecified atom stereocenters. The number of amides is 2. The second-order valence-electron chi connectivity index (χ2n) is 8.92. The number of nitrogens with one attached hydrogen (secondary N) is 2. The summed E-state index contributed by atoms with van der Waals surface area (Å²) >= 11 is 0. The van der Waals surface area contributed by atoms with Crippen molar-refractivity contribution in [3.05, 3.63) is 23.8 Å². The minimum Gasteiger partial charge on any atom is -0.325 e. The number of benzene rings is 1. The predicted molar refractivity (Wildman–Crippen MR) is 106 cm³/mol. The summed E-state index contributed by atoms with van der Waals surface area (Å²) in [5, 5.41) is 6.30. The second kappa shape index (κ2) is 7.81. The molecule has 0 bridgehead atoms. The molecule has 4 heteroatoms. The molecule has 2 fully saturated rings. The van der Waals surface area contributed by atoms with Gasteiger partial charge in [-0.3, -0.25) is 9.59 Å². The molecule has 2 saturated carbocycles. The summed E-state index contributed by atoms with van der Waals surface area (Å²) in [6, 6.07) is 5.83. The molecule has 2 amide bonds. The van der Waals surface area contributed by atoms with Crippen molar-refractivity contribution in [1.29, 1.82) is 0 Å². The van der Waals surface area contributed by atoms with E-state index in [1.807, 2.05) is 18.2 Å². The number of hydrogen-bond donors (Lipinski definition) is 2. The Morgan fingerprint density at radius 3 is 1.54 bits per heavy atom. The molecule has 0 atom stereocenters. The monoisotopic (exact) mass is 356 g/mol. The highest BCUT2D eigenvalue weighted by Gasteiger charge is 2.29. The van der Waals surface area contributed by atoms with Crippen LogP contribution in [0.25, 0.3) is 0 Å². The highest BCUT2D eigenvalue weighted by Crippen LogP contribution is 2.37. The van der Waals surface area contributed by atoms with Crippen LogP contribution >= 0.6 is 0 Å². The smallest absolute Gasteiger partial charge is 0.227 e. The van der Waals surface area contributed by atoms with E-state index in [1.54, 1.807) is 0 Å². The Hall–Kier alpha value is -1.84. The minimum absolute atomic E-state index is 0.118. The van der Waals surface area contributed by atoms with Gasteiger partial charge >= 0.3 is 0 Å². The van der Waals surface area contributed by atoms with Crippen molar-refractivity contribution in [3.63, 3.8) is 0 Å². The molecular formula is C22H32N2O2. The number of rotatable bonds is 4. The van der Waals surface area contributed by atoms with Gasteiger partial charge in [0.25, 0.3) is 0 Å². The number of carbonyl (C=O) groups is 2. The van der Waals surface area contributed by atoms with Gasteiger partial charge < -0.3 is 10.6 Å². The van der Waals surface area contributed by atoms with Crippen LogP contribution in [0, 0.1) is 11.8 Å². The lowest BCUT2D eigenvalue weighted by molar-refractivity contribution is -0.120. The topological polar surface area (TPSA) is 58.2 Å². The van der Waals surface area contributed by atoms with E-state index in [2.05, 4.69) is 31.4 Å². The molecule has 0 aromatic heterocycles. The lowest BCUT2D eigenvalue weighted by Crippen LogP contribution is -2.26. The minimum atomic E-state index is -0.183. The third-order valence-electron chi connectivity index (χ3n) is 5.78. The Kier molecular flexibility index (Phi) is 5.69. The normalized spacial score (nSPS) is 18.9. The zero-order valence-electron chi connectivity index (χ0n) is 16.4. The van der Waals surface area contributed by atoms with E-state index in [0.717, 1.165) is 68.3 Å². The standard InChI is InChI=1S/C22H32N2O2/c1-22(2,3)19-17(23-20(25)15-9-4-5-10-15)13-8-14-18(19)24-21(26)16-11-6-7-12-16/h8,13-16H,4-7,9-12H2,1-3H3,(H,23,25)(H,24,26). The molecule has 2 aliphatic rings. The molecule has 3 rings (SSSR count). The van der Waals surface area contributed by atoms with E-state index >= 15 is 0 Å². The quantitative estimate of drug-likeness (QED) is 0.775. The fourth-order valence-electron chi connectivity index (χ4n) is 4.41. The van der Waals surface area contributed by atoms with Gasteiger partial charge in [0.15, 0.2) is 0 Å². The van der Waals surface area contributed by atoms with E-state index in [1.165, 1.54) is 0 Å². The van der Waals surface area contributed by atoms with E-state index in [4.69, 9.17) is 0 Å². The molecule has 26 heavy (non-hydrogen) atoms. The summed E-state index contributed by atoms with van der Waals surface area (Å²) < 4.78 is 0. The van der Waals surface area contributed by atoms with Crippen LogP contribution in [0.5, 0.6) is 0 Å². The van der Waals surface area contributed by atoms with E-state index in [0.29, 0.717) is 0 Å². The zero-order chi connectivity index (χ0) is 18.7. The van der Waals surface area contributed by atoms with Crippen LogP contribution in [0.4, 0.5) is 11.4 Å². The zero-order valence-corrected chi connectivity index (χ0v) is 16.4. The van der Waals surface area contributed by atoms with Crippen molar-refractivity contribution in [2.45, 2.75) is 77.6 Å². The lowest BCUT2D eigenvalue weighted by Gasteiger charge is -2.27. The van der Waals surface area contributed by atoms with Gasteiger partial charge in [-0.15, -0.1) is 0 Å². The van der Waals surface area contributed by atoms with Crippen LogP contribution in [-0.4, -0.2) is 11.8 Å². The third-order valence-corrected chi connectivity index (χ3v) is 5.78. The van der Waals surface area contributed by atoms with Crippen molar-refractivity contribution < 1.29 is 9.59 Å². The number of anilines is 2. The summed E-state index contributed by atoms with van der Waals surface area (Å²) in [6.07, 6.45) is 8.49. The van der Waals surface area contributed by atoms with Gasteiger partial charge in [0.1, 0.15) is 0 Å². The molecule has 0 radical (unpaired) electrons. The Labute approximate surface area is 157 Å². The van der Waals surface area contributed by atoms with Crippen molar-refractivity contribution in [2.24, 2.45) is 11.8 Å². The number of hydrogen-bond acceptors (Lipinski definition) is 2. The molecule has 2 aliphatic carbocycles. The van der Waals surface area contributed by atoms with Crippen LogP contribution in [0.1, 0.15) is 77.7 Å². The maximum absolute atomic E-state index is 12.6. The summed E-state index contributed by atoms with van der Waals surface area (Å²) in [7, 11) is 0. The first-order valence-electron chi connectivity index (χ1n) is 10.1. The third kappa shape index (κ3) is 4.28. The van der Waals surface area contributed by atoms with Crippen LogP contribution in [-0.2, 0) is 15.0 Å². The highest BCUT2D eigenvalue weighted by molar-refractivity contribution is 5.98. The number of carbonyl (C=O) groups excluding carboxylic acids is 2. The van der Waals surface area contributed by atoms with E-state index in [9.17, 15) is 9.59 Å². The Morgan fingerprint density at radius 2 is 1.19 bits per heavy atom. The molecule has 0 saturated heterocycles. The van der Waals surface area contributed by atoms with E-state index in [-0.39, 0.29) is 29.1 Å². The van der Waals surface area contributed by atoms with Gasteiger partial charge in [0.05, 0.1) is 0 Å². The van der Waals surface area contributed by atoms with Crippen LogP contribution in [0.3, 0.4) is 0 Å². The fourth-order valence-corrected chi connectivity index (χ4v) is 4.41. The highest BCUT2D eigenvalue weighted by atomic mass is 16.2. The average Bonchev–Trinajstić information content (AvgIpc) is 3.27. The van der Waals surface area contributed by atoms with Crippen molar-refractivity contribution in [3.8, 4) is 0 Å². The summed E-state index contributed by atoms with van der Waals surface area (Å²) in [4.78, 5) is 25.3. The molecule has 142 valence electrons. The fraction of sp³-hybridized carbons (Fsp3) is 0.636. The van der Waals surface area contributed by atoms with Crippen molar-refractivity contribution >= 4 is 23.2 Å². The summed E-state index contributed by atoms with van der Waals surface area (Å²) in [6.45, 7) is 6.37. The molecule has 0 aliphatic heterocycles. The predicted octanol–water partition coefficient (Wildman–Crippen LogP) is 5.24. The average molecular weight is 357 g/mol. The summed E-state index contributed by atoms with van der Waals surface area (Å²) in [5.74, 6) is 0.485. The van der Waals surface area contributed by atoms with Crippen LogP contribution < -0.4 is 10.6 Å². The molecule has 2 N–H and O–H groups in total. The Balaban J connectivity index is 1.84. The molecule has 0 heterocycles. The summed E-state index contributed by atoms with van der Waals surface area (Å²) in [5.41, 5.74) is 2.49.